The van der Waals surface area contributed by atoms with Gasteiger partial charge in [-0.1, -0.05) is 13.8 Å². The fourth-order valence-electron chi connectivity index (χ4n) is 1.58. The Balaban J connectivity index is 2.84. The summed E-state index contributed by atoms with van der Waals surface area (Å²) in [5.41, 5.74) is 2.17. The van der Waals surface area contributed by atoms with Crippen molar-refractivity contribution >= 4 is 5.91 Å². The molecule has 0 bridgehead atoms. The van der Waals surface area contributed by atoms with Gasteiger partial charge in [-0.25, -0.2) is 10.8 Å². The zero-order valence-electron chi connectivity index (χ0n) is 9.40. The number of amides is 1. The summed E-state index contributed by atoms with van der Waals surface area (Å²) in [6.07, 6.45) is 4.50. The third-order valence-corrected chi connectivity index (χ3v) is 2.78. The van der Waals surface area contributed by atoms with Gasteiger partial charge in [-0.05, 0) is 6.92 Å². The van der Waals surface area contributed by atoms with E-state index < -0.39 is 0 Å². The van der Waals surface area contributed by atoms with E-state index in [0.717, 1.165) is 12.2 Å². The minimum Gasteiger partial charge on any atom is -0.331 e. The number of aryl methyl sites for hydroxylation is 1. The molecule has 0 saturated carbocycles. The zero-order valence-corrected chi connectivity index (χ0v) is 9.40. The Morgan fingerprint density at radius 3 is 2.87 bits per heavy atom. The van der Waals surface area contributed by atoms with Crippen molar-refractivity contribution in [2.45, 2.75) is 33.2 Å². The molecule has 84 valence electrons. The van der Waals surface area contributed by atoms with Gasteiger partial charge in [0, 0.05) is 24.9 Å². The average molecular weight is 210 g/mol. The molecular weight excluding hydrogens is 192 g/mol. The third-order valence-electron chi connectivity index (χ3n) is 2.78. The smallest absolute Gasteiger partial charge is 0.238 e. The molecule has 3 N–H and O–H groups in total. The van der Waals surface area contributed by atoms with Crippen LogP contribution in [0, 0.1) is 5.92 Å². The molecule has 1 rings (SSSR count). The molecule has 0 aliphatic heterocycles. The van der Waals surface area contributed by atoms with Crippen LogP contribution >= 0.6 is 0 Å². The molecule has 1 amide bonds. The van der Waals surface area contributed by atoms with Gasteiger partial charge < -0.3 is 4.57 Å². The lowest BCUT2D eigenvalue weighted by Gasteiger charge is -2.21. The van der Waals surface area contributed by atoms with Gasteiger partial charge in [-0.2, -0.15) is 0 Å². The number of rotatable bonds is 4. The number of nitrogens with one attached hydrogen (secondary N) is 1. The van der Waals surface area contributed by atoms with Gasteiger partial charge in [0.1, 0.15) is 5.82 Å². The van der Waals surface area contributed by atoms with Crippen LogP contribution in [0.4, 0.5) is 0 Å². The number of nitrogens with two attached hydrogens (primary N) is 1. The molecule has 15 heavy (non-hydrogen) atoms. The van der Waals surface area contributed by atoms with Crippen molar-refractivity contribution in [1.29, 1.82) is 0 Å². The first-order valence-electron chi connectivity index (χ1n) is 5.14. The quantitative estimate of drug-likeness (QED) is 0.435. The van der Waals surface area contributed by atoms with Gasteiger partial charge >= 0.3 is 0 Å². The number of nitrogens with zero attached hydrogens (tertiary/aromatic N) is 2. The van der Waals surface area contributed by atoms with Crippen molar-refractivity contribution in [2.75, 3.05) is 0 Å². The fraction of sp³-hybridized carbons (Fsp3) is 0.600. The lowest BCUT2D eigenvalue weighted by Crippen LogP contribution is -2.38. The highest BCUT2D eigenvalue weighted by Crippen LogP contribution is 2.19. The molecule has 0 aliphatic carbocycles. The molecule has 0 fully saturated rings. The van der Waals surface area contributed by atoms with Gasteiger partial charge in [-0.15, -0.1) is 0 Å². The number of carbonyl (C=O) groups excluding carboxylic acids is 1. The van der Waals surface area contributed by atoms with Crippen LogP contribution in [0.2, 0.25) is 0 Å². The van der Waals surface area contributed by atoms with E-state index in [0.29, 0.717) is 0 Å². The number of hydrazine groups is 1. The number of aromatic nitrogens is 2. The van der Waals surface area contributed by atoms with E-state index in [1.165, 1.54) is 0 Å². The average Bonchev–Trinajstić information content (AvgIpc) is 2.73. The van der Waals surface area contributed by atoms with Crippen LogP contribution in [-0.4, -0.2) is 15.5 Å². The second-order valence-corrected chi connectivity index (χ2v) is 3.64. The SMILES string of the molecule is CCc1nccn1C(C)C(C)C(=O)NN. The fourth-order valence-corrected chi connectivity index (χ4v) is 1.58. The second kappa shape index (κ2) is 4.93. The maximum Gasteiger partial charge on any atom is 0.238 e. The molecule has 5 heteroatoms. The maximum absolute atomic E-state index is 11.4. The van der Waals surface area contributed by atoms with Gasteiger partial charge in [-0.3, -0.25) is 10.2 Å². The minimum absolute atomic E-state index is 0.0611. The van der Waals surface area contributed by atoms with Gasteiger partial charge in [0.25, 0.3) is 0 Å². The molecule has 0 radical (unpaired) electrons. The predicted molar refractivity (Wildman–Crippen MR) is 57.8 cm³/mol. The van der Waals surface area contributed by atoms with Crippen molar-refractivity contribution < 1.29 is 4.79 Å². The Kier molecular flexibility index (Phi) is 3.85. The highest BCUT2D eigenvalue weighted by Gasteiger charge is 2.21. The molecule has 0 aliphatic rings. The molecule has 1 aromatic heterocycles. The van der Waals surface area contributed by atoms with Crippen molar-refractivity contribution in [1.82, 2.24) is 15.0 Å². The first kappa shape index (κ1) is 11.7. The van der Waals surface area contributed by atoms with Crippen molar-refractivity contribution in [3.63, 3.8) is 0 Å². The Morgan fingerprint density at radius 2 is 2.33 bits per heavy atom. The Labute approximate surface area is 89.6 Å². The topological polar surface area (TPSA) is 72.9 Å². The van der Waals surface area contributed by atoms with Gasteiger partial charge in [0.15, 0.2) is 0 Å². The summed E-state index contributed by atoms with van der Waals surface area (Å²) in [7, 11) is 0. The van der Waals surface area contributed by atoms with Crippen LogP contribution in [0.25, 0.3) is 0 Å². The van der Waals surface area contributed by atoms with E-state index in [9.17, 15) is 4.79 Å². The first-order valence-corrected chi connectivity index (χ1v) is 5.14. The molecule has 1 aromatic rings. The highest BCUT2D eigenvalue weighted by atomic mass is 16.2. The van der Waals surface area contributed by atoms with Crippen LogP contribution in [0.5, 0.6) is 0 Å². The van der Waals surface area contributed by atoms with E-state index in [1.54, 1.807) is 6.20 Å². The molecule has 0 saturated heterocycles. The van der Waals surface area contributed by atoms with Crippen LogP contribution in [0.3, 0.4) is 0 Å². The Bertz CT molecular complexity index is 334. The number of hydrogen-bond acceptors (Lipinski definition) is 3. The van der Waals surface area contributed by atoms with Gasteiger partial charge in [0.05, 0.1) is 5.92 Å². The molecular formula is C10H18N4O. The van der Waals surface area contributed by atoms with Crippen molar-refractivity contribution in [3.8, 4) is 0 Å². The molecule has 0 aromatic carbocycles. The lowest BCUT2D eigenvalue weighted by molar-refractivity contribution is -0.125. The van der Waals surface area contributed by atoms with E-state index in [4.69, 9.17) is 5.84 Å². The van der Waals surface area contributed by atoms with E-state index in [1.807, 2.05) is 31.5 Å². The third kappa shape index (κ3) is 2.36. The summed E-state index contributed by atoms with van der Waals surface area (Å²) in [4.78, 5) is 15.6. The standard InChI is InChI=1S/C10H18N4O/c1-4-9-12-5-6-14(9)8(3)7(2)10(15)13-11/h5-8H,4,11H2,1-3H3,(H,13,15). The lowest BCUT2D eigenvalue weighted by atomic mass is 10.0. The zero-order chi connectivity index (χ0) is 11.4. The molecule has 2 unspecified atom stereocenters. The summed E-state index contributed by atoms with van der Waals surface area (Å²) in [6.45, 7) is 5.88. The number of hydrogen-bond donors (Lipinski definition) is 2. The molecule has 0 spiro atoms. The summed E-state index contributed by atoms with van der Waals surface area (Å²) in [6, 6.07) is 0.0611. The Morgan fingerprint density at radius 1 is 1.67 bits per heavy atom. The summed E-state index contributed by atoms with van der Waals surface area (Å²) in [5, 5.41) is 0. The second-order valence-electron chi connectivity index (χ2n) is 3.64. The van der Waals surface area contributed by atoms with Crippen molar-refractivity contribution in [2.24, 2.45) is 11.8 Å². The van der Waals surface area contributed by atoms with Crippen LogP contribution in [0.15, 0.2) is 12.4 Å². The van der Waals surface area contributed by atoms with Gasteiger partial charge in [0.2, 0.25) is 5.91 Å². The first-order chi connectivity index (χ1) is 7.11. The van der Waals surface area contributed by atoms with Crippen LogP contribution < -0.4 is 11.3 Å². The predicted octanol–water partition coefficient (Wildman–Crippen LogP) is 0.633. The largest absolute Gasteiger partial charge is 0.331 e. The van der Waals surface area contributed by atoms with Crippen LogP contribution in [0.1, 0.15) is 32.6 Å². The monoisotopic (exact) mass is 210 g/mol. The summed E-state index contributed by atoms with van der Waals surface area (Å²) in [5.74, 6) is 5.77. The summed E-state index contributed by atoms with van der Waals surface area (Å²) >= 11 is 0. The number of carbonyl (C=O) groups is 1. The van der Waals surface area contributed by atoms with E-state index in [2.05, 4.69) is 10.4 Å². The van der Waals surface area contributed by atoms with Crippen molar-refractivity contribution in [3.05, 3.63) is 18.2 Å². The molecule has 1 heterocycles. The molecule has 2 atom stereocenters. The van der Waals surface area contributed by atoms with E-state index in [-0.39, 0.29) is 17.9 Å². The maximum atomic E-state index is 11.4. The van der Waals surface area contributed by atoms with Crippen LogP contribution in [-0.2, 0) is 11.2 Å². The minimum atomic E-state index is -0.172. The molecule has 5 nitrogen and oxygen atoms in total. The van der Waals surface area contributed by atoms with E-state index >= 15 is 0 Å². The Hall–Kier alpha value is -1.36. The highest BCUT2D eigenvalue weighted by molar-refractivity contribution is 5.78. The summed E-state index contributed by atoms with van der Waals surface area (Å²) < 4.78 is 2.01. The number of imidazole rings is 1. The normalized spacial score (nSPS) is 14.7.